The Morgan fingerprint density at radius 3 is 1.12 bits per heavy atom. The Balaban J connectivity index is 1.42. The first-order valence-corrected chi connectivity index (χ1v) is 38.8. The summed E-state index contributed by atoms with van der Waals surface area (Å²) in [5.41, 5.74) is 0. The Bertz CT molecular complexity index is 2280. The van der Waals surface area contributed by atoms with Gasteiger partial charge >= 0.3 is 0 Å². The first-order valence-electron chi connectivity index (χ1n) is 38.8. The molecule has 3 heterocycles. The second-order valence-electron chi connectivity index (χ2n) is 27.1. The van der Waals surface area contributed by atoms with E-state index in [-0.39, 0.29) is 18.9 Å². The van der Waals surface area contributed by atoms with Crippen molar-refractivity contribution in [2.45, 2.75) is 356 Å². The minimum absolute atomic E-state index is 0.210. The molecule has 0 aliphatic carbocycles. The molecule has 19 heteroatoms. The summed E-state index contributed by atoms with van der Waals surface area (Å²) in [6, 6.07) is -1.01. The van der Waals surface area contributed by atoms with Gasteiger partial charge in [0, 0.05) is 6.42 Å². The van der Waals surface area contributed by atoms with Crippen molar-refractivity contribution in [3.05, 3.63) is 122 Å². The molecule has 19 nitrogen and oxygen atoms in total. The van der Waals surface area contributed by atoms with E-state index in [9.17, 15) is 61.0 Å². The van der Waals surface area contributed by atoms with Crippen molar-refractivity contribution in [1.82, 2.24) is 5.32 Å². The molecule has 0 bridgehead atoms. The Kier molecular flexibility index (Phi) is 54.7. The van der Waals surface area contributed by atoms with Gasteiger partial charge in [0.25, 0.3) is 0 Å². The number of ether oxygens (including phenoxy) is 6. The summed E-state index contributed by atoms with van der Waals surface area (Å²) in [6.45, 7) is 1.60. The number of nitrogens with one attached hydrogen (secondary N) is 1. The molecular weight excluding hydrogens is 1270 g/mol. The predicted octanol–water partition coefficient (Wildman–Crippen LogP) is 12.3. The molecular formula is C81H137NO18. The first kappa shape index (κ1) is 90.4. The van der Waals surface area contributed by atoms with E-state index in [1.54, 1.807) is 6.08 Å². The lowest BCUT2D eigenvalue weighted by atomic mass is 9.96. The molecule has 3 saturated heterocycles. The number of carbonyl (C=O) groups excluding carboxylic acids is 1. The summed E-state index contributed by atoms with van der Waals surface area (Å²) in [7, 11) is 0. The topological polar surface area (TPSA) is 307 Å². The van der Waals surface area contributed by atoms with Gasteiger partial charge in [-0.25, -0.2) is 0 Å². The van der Waals surface area contributed by atoms with Gasteiger partial charge in [0.2, 0.25) is 5.91 Å². The monoisotopic (exact) mass is 1410 g/mol. The molecule has 0 aromatic carbocycles. The van der Waals surface area contributed by atoms with Crippen LogP contribution in [0.4, 0.5) is 0 Å². The average Bonchev–Trinajstić information content (AvgIpc) is 0.783. The highest BCUT2D eigenvalue weighted by molar-refractivity contribution is 5.76. The fourth-order valence-electron chi connectivity index (χ4n) is 12.3. The van der Waals surface area contributed by atoms with Crippen molar-refractivity contribution in [3.63, 3.8) is 0 Å². The van der Waals surface area contributed by atoms with Gasteiger partial charge in [-0.1, -0.05) is 270 Å². The van der Waals surface area contributed by atoms with Crippen LogP contribution >= 0.6 is 0 Å². The fourth-order valence-corrected chi connectivity index (χ4v) is 12.3. The maximum Gasteiger partial charge on any atom is 0.220 e. The summed E-state index contributed by atoms with van der Waals surface area (Å²) >= 11 is 0. The molecule has 17 unspecified atom stereocenters. The van der Waals surface area contributed by atoms with E-state index in [4.69, 9.17) is 28.4 Å². The van der Waals surface area contributed by atoms with Crippen LogP contribution in [-0.4, -0.2) is 193 Å². The molecule has 574 valence electrons. The molecule has 3 fully saturated rings. The van der Waals surface area contributed by atoms with Crippen LogP contribution in [0.3, 0.4) is 0 Å². The first-order chi connectivity index (χ1) is 48.8. The normalized spacial score (nSPS) is 27.1. The van der Waals surface area contributed by atoms with E-state index >= 15 is 0 Å². The molecule has 0 aromatic heterocycles. The van der Waals surface area contributed by atoms with Crippen LogP contribution in [0.2, 0.25) is 0 Å². The molecule has 0 radical (unpaired) electrons. The highest BCUT2D eigenvalue weighted by Crippen LogP contribution is 2.33. The zero-order valence-electron chi connectivity index (χ0n) is 61.1. The summed E-state index contributed by atoms with van der Waals surface area (Å²) in [5.74, 6) is -0.304. The number of hydrogen-bond acceptors (Lipinski definition) is 18. The molecule has 3 aliphatic heterocycles. The maximum absolute atomic E-state index is 13.5. The van der Waals surface area contributed by atoms with Gasteiger partial charge in [-0.05, 0) is 96.3 Å². The molecule has 12 N–H and O–H groups in total. The van der Waals surface area contributed by atoms with Crippen LogP contribution in [0.15, 0.2) is 122 Å². The zero-order chi connectivity index (χ0) is 72.5. The van der Waals surface area contributed by atoms with E-state index in [1.807, 2.05) is 6.08 Å². The van der Waals surface area contributed by atoms with E-state index in [1.165, 1.54) is 109 Å². The van der Waals surface area contributed by atoms with Gasteiger partial charge in [-0.15, -0.1) is 0 Å². The lowest BCUT2D eigenvalue weighted by Crippen LogP contribution is -2.66. The summed E-state index contributed by atoms with van der Waals surface area (Å²) in [5, 5.41) is 121. The van der Waals surface area contributed by atoms with Crippen molar-refractivity contribution in [2.75, 3.05) is 26.4 Å². The second-order valence-corrected chi connectivity index (χ2v) is 27.1. The SMILES string of the molecule is CC/C=C\C/C=C\C/C=C\C/C=C\C/C=C\C/C=C\C/C=C\C/C=C\CCCCCCCCC(=O)NC(COC1OC(CO)C(OC2OC(CO)C(OC3OC(CO)C(O)C(O)C3O)C(O)C2O)C(O)C1O)C(O)/C=C/CC/C=C/CCCCCCCCCCCCCCCCCCCC. The number of aliphatic hydroxyl groups excluding tert-OH is 11. The van der Waals surface area contributed by atoms with Crippen LogP contribution in [0, 0.1) is 0 Å². The highest BCUT2D eigenvalue weighted by Gasteiger charge is 2.53. The summed E-state index contributed by atoms with van der Waals surface area (Å²) in [4.78, 5) is 13.5. The molecule has 1 amide bonds. The van der Waals surface area contributed by atoms with Crippen molar-refractivity contribution < 1.29 is 89.4 Å². The van der Waals surface area contributed by atoms with Crippen molar-refractivity contribution >= 4 is 5.91 Å². The predicted molar refractivity (Wildman–Crippen MR) is 397 cm³/mol. The Hall–Kier alpha value is -3.81. The van der Waals surface area contributed by atoms with E-state index < -0.39 is 124 Å². The molecule has 3 rings (SSSR count). The van der Waals surface area contributed by atoms with Gasteiger partial charge in [-0.2, -0.15) is 0 Å². The van der Waals surface area contributed by atoms with E-state index in [0.29, 0.717) is 12.8 Å². The Morgan fingerprint density at radius 2 is 0.700 bits per heavy atom. The van der Waals surface area contributed by atoms with E-state index in [0.717, 1.165) is 109 Å². The van der Waals surface area contributed by atoms with Gasteiger partial charge in [0.15, 0.2) is 18.9 Å². The van der Waals surface area contributed by atoms with Gasteiger partial charge < -0.3 is 89.9 Å². The van der Waals surface area contributed by atoms with E-state index in [2.05, 4.69) is 129 Å². The van der Waals surface area contributed by atoms with Crippen LogP contribution < -0.4 is 5.32 Å². The Morgan fingerprint density at radius 1 is 0.370 bits per heavy atom. The van der Waals surface area contributed by atoms with Crippen LogP contribution in [0.25, 0.3) is 0 Å². The minimum atomic E-state index is -1.99. The molecule has 0 aromatic rings. The van der Waals surface area contributed by atoms with Crippen molar-refractivity contribution in [1.29, 1.82) is 0 Å². The summed E-state index contributed by atoms with van der Waals surface area (Å²) < 4.78 is 34.4. The second kappa shape index (κ2) is 60.5. The van der Waals surface area contributed by atoms with Gasteiger partial charge in [0.05, 0.1) is 38.6 Å². The number of aliphatic hydroxyl groups is 11. The van der Waals surface area contributed by atoms with Crippen molar-refractivity contribution in [2.24, 2.45) is 0 Å². The number of carbonyl (C=O) groups is 1. The number of unbranched alkanes of at least 4 members (excludes halogenated alkanes) is 25. The van der Waals surface area contributed by atoms with Crippen LogP contribution in [-0.2, 0) is 33.2 Å². The standard InChI is InChI=1S/C81H137NO18/c1-3-5-7-9-11-13-15-17-19-21-23-25-27-29-30-31-32-33-34-35-37-39-41-43-45-47-49-51-53-55-57-59-69(87)82-64(65(86)58-56-54-52-50-48-46-44-42-40-38-36-28-26-24-22-20-18-16-14-12-10-8-6-4-2)63-95-79-75(93)72(90)77(67(61-84)97-79)100-81-76(94)73(91)78(68(62-85)98-81)99-80-74(92)71(89)70(88)66(60-83)96-80/h5,7,11,13,17,19,23,25,29-30,32-33,35,37,41,43,48,50,56,58,64-68,70-81,83-86,88-94H,3-4,6,8-10,12,14-16,18,20-22,24,26-28,31,34,36,38-40,42,44-47,49,51-55,57,59-63H2,1-2H3,(H,82,87)/b7-5-,13-11-,19-17-,25-23-,30-29-,33-32-,37-35-,43-41-,50-48+,58-56+. The lowest BCUT2D eigenvalue weighted by molar-refractivity contribution is -0.379. The smallest absolute Gasteiger partial charge is 0.220 e. The minimum Gasteiger partial charge on any atom is -0.394 e. The third-order valence-electron chi connectivity index (χ3n) is 18.5. The molecule has 0 saturated carbocycles. The zero-order valence-corrected chi connectivity index (χ0v) is 61.1. The van der Waals surface area contributed by atoms with Gasteiger partial charge in [-0.3, -0.25) is 4.79 Å². The highest BCUT2D eigenvalue weighted by atomic mass is 16.8. The van der Waals surface area contributed by atoms with Crippen LogP contribution in [0.5, 0.6) is 0 Å². The maximum atomic E-state index is 13.5. The van der Waals surface area contributed by atoms with Gasteiger partial charge in [0.1, 0.15) is 73.2 Å². The fraction of sp³-hybridized carbons (Fsp3) is 0.741. The number of hydrogen-bond donors (Lipinski definition) is 12. The number of allylic oxidation sites excluding steroid dienone is 19. The third kappa shape index (κ3) is 40.5. The van der Waals surface area contributed by atoms with Crippen LogP contribution in [0.1, 0.15) is 251 Å². The lowest BCUT2D eigenvalue weighted by Gasteiger charge is -2.48. The molecule has 17 atom stereocenters. The molecule has 100 heavy (non-hydrogen) atoms. The average molecular weight is 1410 g/mol. The molecule has 3 aliphatic rings. The largest absolute Gasteiger partial charge is 0.394 e. The number of rotatable bonds is 59. The van der Waals surface area contributed by atoms with Crippen molar-refractivity contribution in [3.8, 4) is 0 Å². The number of amides is 1. The quantitative estimate of drug-likeness (QED) is 0.0199. The third-order valence-corrected chi connectivity index (χ3v) is 18.5. The summed E-state index contributed by atoms with van der Waals surface area (Å²) in [6.07, 6.45) is 57.4. The Labute approximate surface area is 601 Å². The molecule has 0 spiro atoms.